The van der Waals surface area contributed by atoms with Crippen LogP contribution in [0.3, 0.4) is 0 Å². The Morgan fingerprint density at radius 2 is 2.25 bits per heavy atom. The van der Waals surface area contributed by atoms with Gasteiger partial charge in [-0.1, -0.05) is 0 Å². The minimum atomic E-state index is -0.609. The molecule has 0 bridgehead atoms. The summed E-state index contributed by atoms with van der Waals surface area (Å²) in [6.45, 7) is 1.27. The van der Waals surface area contributed by atoms with Crippen LogP contribution in [-0.4, -0.2) is 26.2 Å². The minimum Gasteiger partial charge on any atom is -0.358 e. The van der Waals surface area contributed by atoms with Crippen molar-refractivity contribution in [3.8, 4) is 0 Å². The van der Waals surface area contributed by atoms with Gasteiger partial charge in [0.15, 0.2) is 0 Å². The number of carbonyl (C=O) groups excluding carboxylic acids is 1. The predicted octanol–water partition coefficient (Wildman–Crippen LogP) is -0.706. The monoisotopic (exact) mass is 226 g/mol. The van der Waals surface area contributed by atoms with E-state index in [-0.39, 0.29) is 23.4 Å². The average molecular weight is 226 g/mol. The maximum Gasteiger partial charge on any atom is 0.343 e. The van der Waals surface area contributed by atoms with E-state index in [0.717, 1.165) is 10.8 Å². The lowest BCUT2D eigenvalue weighted by atomic mass is 10.5. The fourth-order valence-corrected chi connectivity index (χ4v) is 1.01. The molecule has 1 heterocycles. The second-order valence-electron chi connectivity index (χ2n) is 2.94. The molecule has 1 rings (SSSR count). The van der Waals surface area contributed by atoms with Gasteiger partial charge >= 0.3 is 5.82 Å². The Hall–Kier alpha value is -2.45. The lowest BCUT2D eigenvalue weighted by molar-refractivity contribution is -0.391. The van der Waals surface area contributed by atoms with Gasteiger partial charge in [-0.15, -0.1) is 0 Å². The van der Waals surface area contributed by atoms with Crippen molar-refractivity contribution in [3.63, 3.8) is 0 Å². The molecule has 16 heavy (non-hydrogen) atoms. The summed E-state index contributed by atoms with van der Waals surface area (Å²) >= 11 is 0. The summed E-state index contributed by atoms with van der Waals surface area (Å²) in [6.07, 6.45) is 1.04. The van der Waals surface area contributed by atoms with Crippen molar-refractivity contribution < 1.29 is 9.72 Å². The molecule has 0 atom stereocenters. The molecule has 1 aromatic heterocycles. The van der Waals surface area contributed by atoms with Crippen molar-refractivity contribution in [2.75, 3.05) is 0 Å². The molecular weight excluding hydrogens is 216 g/mol. The average Bonchev–Trinajstić information content (AvgIpc) is 2.56. The Morgan fingerprint density at radius 1 is 1.62 bits per heavy atom. The topological polar surface area (TPSA) is 126 Å². The SMILES string of the molecule is CC(=O)NNC(=N)c1ncc([N+](=O)[O-])n1C. The third kappa shape index (κ3) is 2.32. The molecule has 0 aliphatic rings. The lowest BCUT2D eigenvalue weighted by Crippen LogP contribution is -2.41. The molecule has 0 fully saturated rings. The van der Waals surface area contributed by atoms with Crippen LogP contribution in [0, 0.1) is 15.5 Å². The summed E-state index contributed by atoms with van der Waals surface area (Å²) in [5.41, 5.74) is 4.44. The zero-order chi connectivity index (χ0) is 12.3. The molecule has 0 unspecified atom stereocenters. The third-order valence-electron chi connectivity index (χ3n) is 1.74. The molecule has 3 N–H and O–H groups in total. The normalized spacial score (nSPS) is 9.62. The van der Waals surface area contributed by atoms with Crippen LogP contribution in [0.2, 0.25) is 0 Å². The van der Waals surface area contributed by atoms with Crippen LogP contribution in [0.5, 0.6) is 0 Å². The van der Waals surface area contributed by atoms with Crippen LogP contribution in [0.1, 0.15) is 12.7 Å². The summed E-state index contributed by atoms with van der Waals surface area (Å²) in [6, 6.07) is 0. The summed E-state index contributed by atoms with van der Waals surface area (Å²) < 4.78 is 1.14. The number of hydrogen-bond acceptors (Lipinski definition) is 5. The molecule has 9 nitrogen and oxygen atoms in total. The number of hydrazine groups is 1. The van der Waals surface area contributed by atoms with Gasteiger partial charge in [-0.3, -0.25) is 21.1 Å². The molecule has 0 aliphatic heterocycles. The number of nitro groups is 1. The fraction of sp³-hybridized carbons (Fsp3) is 0.286. The van der Waals surface area contributed by atoms with Crippen molar-refractivity contribution in [2.45, 2.75) is 6.92 Å². The molecule has 0 aliphatic carbocycles. The van der Waals surface area contributed by atoms with E-state index in [1.165, 1.54) is 14.0 Å². The van der Waals surface area contributed by atoms with Crippen LogP contribution in [0.15, 0.2) is 6.20 Å². The summed E-state index contributed by atoms with van der Waals surface area (Å²) in [4.78, 5) is 24.2. The van der Waals surface area contributed by atoms with Crippen molar-refractivity contribution in [3.05, 3.63) is 22.1 Å². The highest BCUT2D eigenvalue weighted by Crippen LogP contribution is 2.10. The van der Waals surface area contributed by atoms with E-state index in [9.17, 15) is 14.9 Å². The van der Waals surface area contributed by atoms with E-state index in [1.54, 1.807) is 0 Å². The molecule has 0 saturated carbocycles. The number of imidazole rings is 1. The minimum absolute atomic E-state index is 0.0560. The summed E-state index contributed by atoms with van der Waals surface area (Å²) in [7, 11) is 1.41. The first kappa shape index (κ1) is 11.6. The maximum absolute atomic E-state index is 10.6. The van der Waals surface area contributed by atoms with E-state index >= 15 is 0 Å². The molecule has 9 heteroatoms. The number of nitrogens with one attached hydrogen (secondary N) is 3. The number of hydrogen-bond donors (Lipinski definition) is 3. The van der Waals surface area contributed by atoms with Crippen LogP contribution in [0.25, 0.3) is 0 Å². The van der Waals surface area contributed by atoms with Gasteiger partial charge in [-0.25, -0.2) is 9.55 Å². The zero-order valence-electron chi connectivity index (χ0n) is 8.64. The number of aromatic nitrogens is 2. The van der Waals surface area contributed by atoms with E-state index in [4.69, 9.17) is 5.41 Å². The number of nitrogens with zero attached hydrogens (tertiary/aromatic N) is 3. The van der Waals surface area contributed by atoms with Gasteiger partial charge in [0.25, 0.3) is 5.82 Å². The van der Waals surface area contributed by atoms with Crippen LogP contribution in [0.4, 0.5) is 5.82 Å². The highest BCUT2D eigenvalue weighted by atomic mass is 16.6. The van der Waals surface area contributed by atoms with E-state index in [0.29, 0.717) is 0 Å². The van der Waals surface area contributed by atoms with Gasteiger partial charge in [0.1, 0.15) is 6.20 Å². The van der Waals surface area contributed by atoms with Gasteiger partial charge in [0, 0.05) is 6.92 Å². The molecule has 0 spiro atoms. The van der Waals surface area contributed by atoms with E-state index < -0.39 is 4.92 Å². The second kappa shape index (κ2) is 4.38. The largest absolute Gasteiger partial charge is 0.358 e. The van der Waals surface area contributed by atoms with Crippen molar-refractivity contribution in [1.82, 2.24) is 20.4 Å². The fourth-order valence-electron chi connectivity index (χ4n) is 1.01. The predicted molar refractivity (Wildman–Crippen MR) is 53.6 cm³/mol. The Labute approximate surface area is 90.1 Å². The van der Waals surface area contributed by atoms with Crippen LogP contribution >= 0.6 is 0 Å². The van der Waals surface area contributed by atoms with Crippen LogP contribution < -0.4 is 10.9 Å². The van der Waals surface area contributed by atoms with Gasteiger partial charge in [0.05, 0.1) is 7.05 Å². The summed E-state index contributed by atoms with van der Waals surface area (Å²) in [5.74, 6) is -0.788. The molecule has 1 aromatic rings. The number of carbonyl (C=O) groups is 1. The molecule has 0 radical (unpaired) electrons. The molecule has 0 saturated heterocycles. The van der Waals surface area contributed by atoms with E-state index in [1.807, 2.05) is 0 Å². The molecule has 1 amide bonds. The first-order valence-corrected chi connectivity index (χ1v) is 4.21. The molecular formula is C7H10N6O3. The van der Waals surface area contributed by atoms with Gasteiger partial charge in [-0.05, 0) is 4.92 Å². The van der Waals surface area contributed by atoms with Crippen molar-refractivity contribution >= 4 is 17.6 Å². The molecule has 0 aromatic carbocycles. The smallest absolute Gasteiger partial charge is 0.343 e. The highest BCUT2D eigenvalue weighted by Gasteiger charge is 2.19. The molecule has 86 valence electrons. The van der Waals surface area contributed by atoms with Crippen molar-refractivity contribution in [2.24, 2.45) is 7.05 Å². The first-order valence-electron chi connectivity index (χ1n) is 4.21. The Balaban J connectivity index is 2.84. The van der Waals surface area contributed by atoms with Gasteiger partial charge in [0.2, 0.25) is 11.7 Å². The quantitative estimate of drug-likeness (QED) is 0.266. The van der Waals surface area contributed by atoms with Gasteiger partial charge < -0.3 is 10.1 Å². The Kier molecular flexibility index (Phi) is 3.18. The standard InChI is InChI=1S/C7H10N6O3/c1-4(14)10-11-6(8)7-9-3-5(12(7)2)13(15)16/h3H,1-2H3,(H2,8,11)(H,10,14). The maximum atomic E-state index is 10.6. The Bertz CT molecular complexity index is 451. The lowest BCUT2D eigenvalue weighted by Gasteiger charge is -2.04. The zero-order valence-corrected chi connectivity index (χ0v) is 8.64. The van der Waals surface area contributed by atoms with E-state index in [2.05, 4.69) is 15.8 Å². The Morgan fingerprint density at radius 3 is 2.69 bits per heavy atom. The van der Waals surface area contributed by atoms with Gasteiger partial charge in [-0.2, -0.15) is 0 Å². The summed E-state index contributed by atoms with van der Waals surface area (Å²) in [5, 5.41) is 18.0. The first-order chi connectivity index (χ1) is 7.43. The van der Waals surface area contributed by atoms with Crippen LogP contribution in [-0.2, 0) is 11.8 Å². The number of amides is 1. The third-order valence-corrected chi connectivity index (χ3v) is 1.74. The number of amidine groups is 1. The second-order valence-corrected chi connectivity index (χ2v) is 2.94. The number of rotatable bonds is 2. The van der Waals surface area contributed by atoms with Crippen molar-refractivity contribution in [1.29, 1.82) is 5.41 Å². The highest BCUT2D eigenvalue weighted by molar-refractivity contribution is 5.94.